The van der Waals surface area contributed by atoms with Crippen LogP contribution in [0.5, 0.6) is 17.2 Å². The molecule has 0 aliphatic carbocycles. The topological polar surface area (TPSA) is 53.7 Å². The smallest absolute Gasteiger partial charge is 0.203 e. The molecule has 1 atom stereocenters. The van der Waals surface area contributed by atoms with Crippen LogP contribution < -0.4 is 19.9 Å². The fraction of sp³-hybridized carbons (Fsp3) is 0.538. The van der Waals surface area contributed by atoms with E-state index in [0.717, 1.165) is 11.3 Å². The van der Waals surface area contributed by atoms with Crippen LogP contribution in [0.25, 0.3) is 0 Å². The van der Waals surface area contributed by atoms with E-state index in [1.165, 1.54) is 0 Å². The first-order valence-electron chi connectivity index (χ1n) is 5.77. The lowest BCUT2D eigenvalue weighted by molar-refractivity contribution is 0.292. The molecule has 0 aliphatic rings. The molecule has 0 saturated carbocycles. The molecule has 17 heavy (non-hydrogen) atoms. The Morgan fingerprint density at radius 3 is 2.35 bits per heavy atom. The summed E-state index contributed by atoms with van der Waals surface area (Å²) in [4.78, 5) is 0. The van der Waals surface area contributed by atoms with Gasteiger partial charge in [-0.05, 0) is 25.5 Å². The number of hydrogen-bond donors (Lipinski definition) is 1. The molecule has 1 rings (SSSR count). The maximum atomic E-state index is 5.70. The summed E-state index contributed by atoms with van der Waals surface area (Å²) in [5, 5.41) is 0. The van der Waals surface area contributed by atoms with Crippen molar-refractivity contribution < 1.29 is 14.2 Å². The summed E-state index contributed by atoms with van der Waals surface area (Å²) in [7, 11) is 3.22. The lowest BCUT2D eigenvalue weighted by atomic mass is 9.99. The fourth-order valence-electron chi connectivity index (χ4n) is 1.72. The maximum Gasteiger partial charge on any atom is 0.203 e. The molecule has 4 nitrogen and oxygen atoms in total. The van der Waals surface area contributed by atoms with Crippen molar-refractivity contribution >= 4 is 0 Å². The van der Waals surface area contributed by atoms with Crippen LogP contribution in [0.3, 0.4) is 0 Å². The van der Waals surface area contributed by atoms with Gasteiger partial charge in [0.05, 0.1) is 20.8 Å². The number of hydrogen-bond acceptors (Lipinski definition) is 4. The van der Waals surface area contributed by atoms with Crippen LogP contribution in [0.2, 0.25) is 0 Å². The second-order valence-electron chi connectivity index (χ2n) is 3.79. The van der Waals surface area contributed by atoms with Gasteiger partial charge in [-0.15, -0.1) is 0 Å². The second-order valence-corrected chi connectivity index (χ2v) is 3.79. The third-order valence-corrected chi connectivity index (χ3v) is 2.70. The van der Waals surface area contributed by atoms with Crippen LogP contribution in [-0.2, 0) is 0 Å². The van der Waals surface area contributed by atoms with E-state index in [0.29, 0.717) is 24.7 Å². The summed E-state index contributed by atoms with van der Waals surface area (Å²) < 4.78 is 16.3. The zero-order valence-corrected chi connectivity index (χ0v) is 10.9. The van der Waals surface area contributed by atoms with Crippen molar-refractivity contribution in [1.82, 2.24) is 0 Å². The van der Waals surface area contributed by atoms with Crippen LogP contribution >= 0.6 is 0 Å². The second kappa shape index (κ2) is 6.35. The fourth-order valence-corrected chi connectivity index (χ4v) is 1.72. The van der Waals surface area contributed by atoms with E-state index < -0.39 is 0 Å². The highest BCUT2D eigenvalue weighted by atomic mass is 16.5. The van der Waals surface area contributed by atoms with Gasteiger partial charge in [0.1, 0.15) is 0 Å². The van der Waals surface area contributed by atoms with Crippen molar-refractivity contribution in [1.29, 1.82) is 0 Å². The van der Waals surface area contributed by atoms with Gasteiger partial charge in [-0.3, -0.25) is 0 Å². The summed E-state index contributed by atoms with van der Waals surface area (Å²) in [6.45, 7) is 5.14. The Kier molecular flexibility index (Phi) is 5.10. The molecular formula is C13H21NO3. The molecule has 1 aromatic carbocycles. The van der Waals surface area contributed by atoms with Crippen molar-refractivity contribution in [2.24, 2.45) is 5.73 Å². The lowest BCUT2D eigenvalue weighted by Gasteiger charge is -2.19. The zero-order chi connectivity index (χ0) is 12.8. The molecule has 4 heteroatoms. The first-order chi connectivity index (χ1) is 8.19. The largest absolute Gasteiger partial charge is 0.493 e. The van der Waals surface area contributed by atoms with Gasteiger partial charge in [0.15, 0.2) is 11.5 Å². The lowest BCUT2D eigenvalue weighted by Crippen LogP contribution is -2.11. The maximum absolute atomic E-state index is 5.70. The predicted molar refractivity (Wildman–Crippen MR) is 68.2 cm³/mol. The quantitative estimate of drug-likeness (QED) is 0.826. The Morgan fingerprint density at radius 2 is 1.88 bits per heavy atom. The van der Waals surface area contributed by atoms with Gasteiger partial charge in [-0.2, -0.15) is 0 Å². The molecule has 0 saturated heterocycles. The SMILES string of the molecule is CCOc1c(C(C)CN)ccc(OC)c1OC. The first-order valence-corrected chi connectivity index (χ1v) is 5.77. The van der Waals surface area contributed by atoms with Gasteiger partial charge < -0.3 is 19.9 Å². The van der Waals surface area contributed by atoms with Crippen molar-refractivity contribution in [2.45, 2.75) is 19.8 Å². The molecule has 0 heterocycles. The van der Waals surface area contributed by atoms with Crippen LogP contribution in [0.15, 0.2) is 12.1 Å². The van der Waals surface area contributed by atoms with Crippen LogP contribution in [0, 0.1) is 0 Å². The summed E-state index contributed by atoms with van der Waals surface area (Å²) in [6, 6.07) is 3.85. The average Bonchev–Trinajstić information content (AvgIpc) is 2.37. The molecule has 0 bridgehead atoms. The molecule has 0 fully saturated rings. The van der Waals surface area contributed by atoms with Crippen LogP contribution in [0.1, 0.15) is 25.3 Å². The van der Waals surface area contributed by atoms with Crippen LogP contribution in [0.4, 0.5) is 0 Å². The van der Waals surface area contributed by atoms with E-state index >= 15 is 0 Å². The molecule has 0 amide bonds. The van der Waals surface area contributed by atoms with E-state index in [1.807, 2.05) is 19.1 Å². The van der Waals surface area contributed by atoms with Gasteiger partial charge in [0.2, 0.25) is 5.75 Å². The van der Waals surface area contributed by atoms with Gasteiger partial charge in [-0.25, -0.2) is 0 Å². The minimum atomic E-state index is 0.219. The Labute approximate surface area is 103 Å². The average molecular weight is 239 g/mol. The minimum absolute atomic E-state index is 0.219. The highest BCUT2D eigenvalue weighted by Crippen LogP contribution is 2.42. The number of methoxy groups -OCH3 is 2. The highest BCUT2D eigenvalue weighted by molar-refractivity contribution is 5.56. The Balaban J connectivity index is 3.30. The van der Waals surface area contributed by atoms with E-state index in [2.05, 4.69) is 6.92 Å². The van der Waals surface area contributed by atoms with Crippen molar-refractivity contribution in [2.75, 3.05) is 27.4 Å². The van der Waals surface area contributed by atoms with E-state index in [1.54, 1.807) is 14.2 Å². The molecule has 0 radical (unpaired) electrons. The van der Waals surface area contributed by atoms with E-state index in [-0.39, 0.29) is 5.92 Å². The summed E-state index contributed by atoms with van der Waals surface area (Å²) >= 11 is 0. The van der Waals surface area contributed by atoms with Crippen molar-refractivity contribution in [3.05, 3.63) is 17.7 Å². The molecule has 0 aliphatic heterocycles. The van der Waals surface area contributed by atoms with Crippen LogP contribution in [-0.4, -0.2) is 27.4 Å². The number of rotatable bonds is 6. The van der Waals surface area contributed by atoms with Gasteiger partial charge >= 0.3 is 0 Å². The van der Waals surface area contributed by atoms with Gasteiger partial charge in [0.25, 0.3) is 0 Å². The van der Waals surface area contributed by atoms with Gasteiger partial charge in [-0.1, -0.05) is 13.0 Å². The zero-order valence-electron chi connectivity index (χ0n) is 10.9. The normalized spacial score (nSPS) is 12.1. The monoisotopic (exact) mass is 239 g/mol. The molecule has 1 unspecified atom stereocenters. The third kappa shape index (κ3) is 2.82. The van der Waals surface area contributed by atoms with Crippen molar-refractivity contribution in [3.8, 4) is 17.2 Å². The number of nitrogens with two attached hydrogens (primary N) is 1. The Morgan fingerprint density at radius 1 is 1.18 bits per heavy atom. The molecule has 0 spiro atoms. The van der Waals surface area contributed by atoms with Gasteiger partial charge in [0, 0.05) is 5.56 Å². The summed E-state index contributed by atoms with van der Waals surface area (Å²) in [5.74, 6) is 2.25. The summed E-state index contributed by atoms with van der Waals surface area (Å²) in [6.07, 6.45) is 0. The molecular weight excluding hydrogens is 218 g/mol. The Bertz CT molecular complexity index is 366. The molecule has 1 aromatic rings. The van der Waals surface area contributed by atoms with Crippen molar-refractivity contribution in [3.63, 3.8) is 0 Å². The third-order valence-electron chi connectivity index (χ3n) is 2.70. The van der Waals surface area contributed by atoms with E-state index in [9.17, 15) is 0 Å². The molecule has 2 N–H and O–H groups in total. The summed E-state index contributed by atoms with van der Waals surface area (Å²) in [5.41, 5.74) is 6.75. The Hall–Kier alpha value is -1.42. The minimum Gasteiger partial charge on any atom is -0.493 e. The number of ether oxygens (including phenoxy) is 3. The van der Waals surface area contributed by atoms with E-state index in [4.69, 9.17) is 19.9 Å². The predicted octanol–water partition coefficient (Wildman–Crippen LogP) is 2.16. The molecule has 96 valence electrons. The first kappa shape index (κ1) is 13.6. The highest BCUT2D eigenvalue weighted by Gasteiger charge is 2.19. The standard InChI is InChI=1S/C13H21NO3/c1-5-17-12-10(9(2)8-14)6-7-11(15-3)13(12)16-4/h6-7,9H,5,8,14H2,1-4H3. The molecule has 0 aromatic heterocycles. The number of benzene rings is 1.